The first-order valence-corrected chi connectivity index (χ1v) is 11.9. The van der Waals surface area contributed by atoms with Gasteiger partial charge in [-0.3, -0.25) is 0 Å². The molecule has 1 aromatic heterocycles. The third-order valence-corrected chi connectivity index (χ3v) is 7.40. The largest absolute Gasteiger partial charge is 0.465 e. The first-order chi connectivity index (χ1) is 14.3. The predicted octanol–water partition coefficient (Wildman–Crippen LogP) is 5.16. The number of benzene rings is 2. The van der Waals surface area contributed by atoms with E-state index in [1.54, 1.807) is 30.5 Å². The van der Waals surface area contributed by atoms with Gasteiger partial charge >= 0.3 is 5.97 Å². The minimum Gasteiger partial charge on any atom is -0.465 e. The van der Waals surface area contributed by atoms with Crippen LogP contribution in [0.5, 0.6) is 0 Å². The Morgan fingerprint density at radius 1 is 1.20 bits per heavy atom. The highest BCUT2D eigenvalue weighted by Crippen LogP contribution is 2.32. The normalized spacial score (nSPS) is 11.3. The summed E-state index contributed by atoms with van der Waals surface area (Å²) in [6, 6.07) is 11.7. The number of ether oxygens (including phenoxy) is 1. The van der Waals surface area contributed by atoms with Crippen molar-refractivity contribution in [3.8, 4) is 10.6 Å². The summed E-state index contributed by atoms with van der Waals surface area (Å²) >= 11 is 7.30. The van der Waals surface area contributed by atoms with Crippen LogP contribution < -0.4 is 4.31 Å². The molecular formula is C21H21ClN2O4S2. The van der Waals surface area contributed by atoms with Crippen LogP contribution in [0.4, 0.5) is 5.82 Å². The second-order valence-electron chi connectivity index (χ2n) is 6.56. The fraction of sp³-hybridized carbons (Fsp3) is 0.238. The van der Waals surface area contributed by atoms with Gasteiger partial charge in [-0.15, -0.1) is 11.3 Å². The molecule has 0 saturated heterocycles. The Bertz CT molecular complexity index is 1160. The lowest BCUT2D eigenvalue weighted by Gasteiger charge is -2.22. The number of carbonyl (C=O) groups is 1. The molecule has 3 aromatic rings. The van der Waals surface area contributed by atoms with Crippen molar-refractivity contribution in [2.75, 3.05) is 18.0 Å². The number of sulfonamides is 1. The van der Waals surface area contributed by atoms with Crippen LogP contribution in [0.15, 0.2) is 52.7 Å². The van der Waals surface area contributed by atoms with Gasteiger partial charge in [-0.1, -0.05) is 36.7 Å². The molecule has 0 aliphatic rings. The van der Waals surface area contributed by atoms with Crippen molar-refractivity contribution in [1.82, 2.24) is 4.98 Å². The fourth-order valence-electron chi connectivity index (χ4n) is 2.88. The first kappa shape index (κ1) is 22.3. The number of carbonyl (C=O) groups excluding carboxylic acids is 1. The lowest BCUT2D eigenvalue weighted by atomic mass is 10.1. The van der Waals surface area contributed by atoms with Crippen LogP contribution >= 0.6 is 22.9 Å². The van der Waals surface area contributed by atoms with E-state index < -0.39 is 16.0 Å². The third-order valence-electron chi connectivity index (χ3n) is 4.47. The van der Waals surface area contributed by atoms with Crippen molar-refractivity contribution >= 4 is 44.7 Å². The number of aryl methyl sites for hydroxylation is 1. The molecule has 158 valence electrons. The molecule has 30 heavy (non-hydrogen) atoms. The Labute approximate surface area is 185 Å². The minimum absolute atomic E-state index is 0.0167. The summed E-state index contributed by atoms with van der Waals surface area (Å²) in [4.78, 5) is 16.6. The quantitative estimate of drug-likeness (QED) is 0.451. The lowest BCUT2D eigenvalue weighted by Crippen LogP contribution is -2.32. The molecule has 0 radical (unpaired) electrons. The molecule has 0 aliphatic heterocycles. The molecule has 0 amide bonds. The molecule has 6 nitrogen and oxygen atoms in total. The van der Waals surface area contributed by atoms with Crippen molar-refractivity contribution in [2.45, 2.75) is 25.2 Å². The number of nitrogens with zero attached hydrogens (tertiary/aromatic N) is 2. The summed E-state index contributed by atoms with van der Waals surface area (Å²) in [7, 11) is -2.66. The van der Waals surface area contributed by atoms with Crippen molar-refractivity contribution in [3.63, 3.8) is 0 Å². The standard InChI is InChI=1S/C21H21ClN2O4S2/c1-4-11-24(19-13-29-20(23-19)15-6-8-16(22)9-7-15)30(26,27)17-10-5-14(2)18(12-17)21(25)28-3/h5-10,12-13H,4,11H2,1-3H3. The van der Waals surface area contributed by atoms with Gasteiger partial charge in [0.15, 0.2) is 5.82 Å². The van der Waals surface area contributed by atoms with Crippen LogP contribution in [-0.2, 0) is 14.8 Å². The fourth-order valence-corrected chi connectivity index (χ4v) is 5.42. The van der Waals surface area contributed by atoms with Gasteiger partial charge in [-0.25, -0.2) is 22.5 Å². The zero-order chi connectivity index (χ0) is 21.9. The number of hydrogen-bond donors (Lipinski definition) is 0. The molecule has 0 atom stereocenters. The van der Waals surface area contributed by atoms with Gasteiger partial charge in [-0.05, 0) is 43.2 Å². The molecule has 0 aliphatic carbocycles. The minimum atomic E-state index is -3.92. The molecule has 0 saturated carbocycles. The summed E-state index contributed by atoms with van der Waals surface area (Å²) in [5.41, 5.74) is 1.71. The number of hydrogen-bond acceptors (Lipinski definition) is 6. The van der Waals surface area contributed by atoms with Gasteiger partial charge in [0.05, 0.1) is 17.6 Å². The molecule has 0 fully saturated rings. The Morgan fingerprint density at radius 3 is 2.53 bits per heavy atom. The van der Waals surface area contributed by atoms with E-state index in [1.165, 1.54) is 34.9 Å². The molecule has 3 rings (SSSR count). The molecular weight excluding hydrogens is 444 g/mol. The van der Waals surface area contributed by atoms with E-state index in [2.05, 4.69) is 4.98 Å². The first-order valence-electron chi connectivity index (χ1n) is 9.21. The molecule has 2 aromatic carbocycles. The van der Waals surface area contributed by atoms with E-state index >= 15 is 0 Å². The van der Waals surface area contributed by atoms with Gasteiger partial charge in [0, 0.05) is 22.5 Å². The van der Waals surface area contributed by atoms with Crippen LogP contribution in [0.2, 0.25) is 5.02 Å². The SMILES string of the molecule is CCCN(c1csc(-c2ccc(Cl)cc2)n1)S(=O)(=O)c1ccc(C)c(C(=O)OC)c1. The zero-order valence-electron chi connectivity index (χ0n) is 16.8. The smallest absolute Gasteiger partial charge is 0.338 e. The molecule has 0 unspecified atom stereocenters. The highest BCUT2D eigenvalue weighted by atomic mass is 35.5. The monoisotopic (exact) mass is 464 g/mol. The van der Waals surface area contributed by atoms with E-state index in [4.69, 9.17) is 16.3 Å². The maximum absolute atomic E-state index is 13.4. The Balaban J connectivity index is 2.02. The number of methoxy groups -OCH3 is 1. The molecule has 0 N–H and O–H groups in total. The van der Waals surface area contributed by atoms with Crippen molar-refractivity contribution < 1.29 is 17.9 Å². The van der Waals surface area contributed by atoms with Gasteiger partial charge in [0.1, 0.15) is 5.01 Å². The van der Waals surface area contributed by atoms with Crippen LogP contribution in [0.1, 0.15) is 29.3 Å². The highest BCUT2D eigenvalue weighted by Gasteiger charge is 2.28. The summed E-state index contributed by atoms with van der Waals surface area (Å²) in [6.45, 7) is 3.88. The second kappa shape index (κ2) is 9.16. The average Bonchev–Trinajstić information content (AvgIpc) is 3.21. The van der Waals surface area contributed by atoms with Crippen LogP contribution in [-0.4, -0.2) is 33.0 Å². The summed E-state index contributed by atoms with van der Waals surface area (Å²) < 4.78 is 32.9. The topological polar surface area (TPSA) is 76.6 Å². The molecule has 9 heteroatoms. The number of rotatable bonds is 7. The number of esters is 1. The predicted molar refractivity (Wildman–Crippen MR) is 120 cm³/mol. The number of aromatic nitrogens is 1. The van der Waals surface area contributed by atoms with E-state index in [1.807, 2.05) is 19.1 Å². The Hall–Kier alpha value is -2.42. The maximum atomic E-state index is 13.4. The molecule has 1 heterocycles. The number of halogens is 1. The molecule has 0 bridgehead atoms. The van der Waals surface area contributed by atoms with Crippen LogP contribution in [0.3, 0.4) is 0 Å². The lowest BCUT2D eigenvalue weighted by molar-refractivity contribution is 0.0599. The van der Waals surface area contributed by atoms with Gasteiger partial charge in [0.25, 0.3) is 10.0 Å². The van der Waals surface area contributed by atoms with E-state index in [-0.39, 0.29) is 17.0 Å². The summed E-state index contributed by atoms with van der Waals surface area (Å²) in [5.74, 6) is -0.239. The Morgan fingerprint density at radius 2 is 1.90 bits per heavy atom. The zero-order valence-corrected chi connectivity index (χ0v) is 19.1. The maximum Gasteiger partial charge on any atom is 0.338 e. The number of anilines is 1. The van der Waals surface area contributed by atoms with Crippen molar-refractivity contribution in [2.24, 2.45) is 0 Å². The second-order valence-corrected chi connectivity index (χ2v) is 9.72. The Kier molecular flexibility index (Phi) is 6.80. The summed E-state index contributed by atoms with van der Waals surface area (Å²) in [5, 5.41) is 3.02. The van der Waals surface area contributed by atoms with Crippen molar-refractivity contribution in [3.05, 3.63) is 64.0 Å². The van der Waals surface area contributed by atoms with E-state index in [9.17, 15) is 13.2 Å². The van der Waals surface area contributed by atoms with Crippen LogP contribution in [0.25, 0.3) is 10.6 Å². The number of thiazole rings is 1. The van der Waals surface area contributed by atoms with Gasteiger partial charge < -0.3 is 4.74 Å². The highest BCUT2D eigenvalue weighted by molar-refractivity contribution is 7.92. The van der Waals surface area contributed by atoms with E-state index in [0.717, 1.165) is 5.56 Å². The third kappa shape index (κ3) is 4.50. The van der Waals surface area contributed by atoms with Crippen molar-refractivity contribution in [1.29, 1.82) is 0 Å². The molecule has 0 spiro atoms. The van der Waals surface area contributed by atoms with E-state index in [0.29, 0.717) is 27.8 Å². The average molecular weight is 465 g/mol. The van der Waals surface area contributed by atoms with Gasteiger partial charge in [0.2, 0.25) is 0 Å². The van der Waals surface area contributed by atoms with Gasteiger partial charge in [-0.2, -0.15) is 0 Å². The van der Waals surface area contributed by atoms with Crippen LogP contribution in [0, 0.1) is 6.92 Å². The summed E-state index contributed by atoms with van der Waals surface area (Å²) in [6.07, 6.45) is 0.600.